The highest BCUT2D eigenvalue weighted by Gasteiger charge is 2.05. The highest BCUT2D eigenvalue weighted by atomic mass is 16.5. The summed E-state index contributed by atoms with van der Waals surface area (Å²) in [6.45, 7) is 3.19. The zero-order valence-corrected chi connectivity index (χ0v) is 15.2. The quantitative estimate of drug-likeness (QED) is 0.636. The molecule has 0 radical (unpaired) electrons. The molecular weight excluding hydrogens is 340 g/mol. The first-order chi connectivity index (χ1) is 13.2. The molecule has 5 heteroatoms. The number of benzene rings is 2. The van der Waals surface area contributed by atoms with Gasteiger partial charge < -0.3 is 14.8 Å². The molecular formula is C22H22N2O3. The van der Waals surface area contributed by atoms with Crippen molar-refractivity contribution in [3.8, 4) is 17.2 Å². The predicted octanol–water partition coefficient (Wildman–Crippen LogP) is 4.59. The molecule has 1 amide bonds. The second kappa shape index (κ2) is 9.38. The summed E-state index contributed by atoms with van der Waals surface area (Å²) >= 11 is 0. The largest absolute Gasteiger partial charge is 0.493 e. The maximum atomic E-state index is 12.0. The lowest BCUT2D eigenvalue weighted by Crippen LogP contribution is -2.22. The van der Waals surface area contributed by atoms with Gasteiger partial charge in [-0.1, -0.05) is 25.1 Å². The van der Waals surface area contributed by atoms with Gasteiger partial charge in [-0.25, -0.2) is 0 Å². The average Bonchev–Trinajstić information content (AvgIpc) is 2.72. The summed E-state index contributed by atoms with van der Waals surface area (Å²) in [6, 6.07) is 18.7. The van der Waals surface area contributed by atoms with E-state index in [2.05, 4.69) is 17.2 Å². The van der Waals surface area contributed by atoms with Crippen LogP contribution in [0.15, 0.2) is 73.1 Å². The topological polar surface area (TPSA) is 60.5 Å². The number of hydrogen-bond donors (Lipinski definition) is 1. The summed E-state index contributed by atoms with van der Waals surface area (Å²) in [5.74, 6) is 2.10. The Morgan fingerprint density at radius 2 is 1.81 bits per heavy atom. The van der Waals surface area contributed by atoms with Crippen LogP contribution < -0.4 is 14.8 Å². The average molecular weight is 362 g/mol. The number of carbonyl (C=O) groups excluding carboxylic acids is 1. The fraction of sp³-hybridized carbons (Fsp3) is 0.182. The van der Waals surface area contributed by atoms with Gasteiger partial charge in [0.15, 0.2) is 0 Å². The van der Waals surface area contributed by atoms with E-state index in [1.54, 1.807) is 24.5 Å². The van der Waals surface area contributed by atoms with Crippen LogP contribution in [0.3, 0.4) is 0 Å². The Bertz CT molecular complexity index is 864. The van der Waals surface area contributed by atoms with Gasteiger partial charge in [0, 0.05) is 25.0 Å². The van der Waals surface area contributed by atoms with E-state index in [1.165, 1.54) is 0 Å². The Labute approximate surface area is 159 Å². The maximum absolute atomic E-state index is 12.0. The molecule has 1 aromatic heterocycles. The summed E-state index contributed by atoms with van der Waals surface area (Å²) < 4.78 is 11.5. The van der Waals surface area contributed by atoms with Crippen molar-refractivity contribution >= 4 is 5.91 Å². The van der Waals surface area contributed by atoms with Crippen molar-refractivity contribution in [2.75, 3.05) is 6.61 Å². The minimum absolute atomic E-state index is 0.146. The summed E-state index contributed by atoms with van der Waals surface area (Å²) in [5.41, 5.74) is 1.53. The van der Waals surface area contributed by atoms with E-state index in [9.17, 15) is 4.79 Å². The van der Waals surface area contributed by atoms with E-state index in [0.29, 0.717) is 18.7 Å². The lowest BCUT2D eigenvalue weighted by atomic mass is 10.2. The summed E-state index contributed by atoms with van der Waals surface area (Å²) in [5, 5.41) is 2.88. The van der Waals surface area contributed by atoms with Crippen molar-refractivity contribution in [2.45, 2.75) is 19.9 Å². The van der Waals surface area contributed by atoms with Crippen molar-refractivity contribution in [2.24, 2.45) is 0 Å². The number of carbonyl (C=O) groups is 1. The van der Waals surface area contributed by atoms with Crippen LogP contribution in [0, 0.1) is 0 Å². The predicted molar refractivity (Wildman–Crippen MR) is 104 cm³/mol. The number of hydrogen-bond acceptors (Lipinski definition) is 4. The van der Waals surface area contributed by atoms with E-state index >= 15 is 0 Å². The molecule has 0 unspecified atom stereocenters. The molecule has 5 nitrogen and oxygen atoms in total. The number of nitrogens with one attached hydrogen (secondary N) is 1. The first-order valence-corrected chi connectivity index (χ1v) is 8.92. The SMILES string of the molecule is CCCOc1cccc(Oc2ccc(CNC(=O)c3cccnc3)cc2)c1. The van der Waals surface area contributed by atoms with Crippen molar-refractivity contribution in [3.63, 3.8) is 0 Å². The van der Waals surface area contributed by atoms with Crippen molar-refractivity contribution in [1.29, 1.82) is 0 Å². The van der Waals surface area contributed by atoms with E-state index in [-0.39, 0.29) is 5.91 Å². The normalized spacial score (nSPS) is 10.3. The molecule has 0 aliphatic rings. The Kier molecular flexibility index (Phi) is 6.41. The molecule has 3 aromatic rings. The number of aromatic nitrogens is 1. The molecule has 1 N–H and O–H groups in total. The molecule has 0 atom stereocenters. The van der Waals surface area contributed by atoms with Gasteiger partial charge in [-0.3, -0.25) is 9.78 Å². The van der Waals surface area contributed by atoms with Crippen molar-refractivity contribution in [3.05, 3.63) is 84.2 Å². The van der Waals surface area contributed by atoms with Gasteiger partial charge in [-0.05, 0) is 48.4 Å². The van der Waals surface area contributed by atoms with Crippen LogP contribution in [-0.2, 0) is 6.54 Å². The third-order valence-electron chi connectivity index (χ3n) is 3.81. The highest BCUT2D eigenvalue weighted by Crippen LogP contribution is 2.25. The van der Waals surface area contributed by atoms with Crippen LogP contribution in [0.25, 0.3) is 0 Å². The zero-order valence-electron chi connectivity index (χ0n) is 15.2. The fourth-order valence-corrected chi connectivity index (χ4v) is 2.44. The Hall–Kier alpha value is -3.34. The summed E-state index contributed by atoms with van der Waals surface area (Å²) in [4.78, 5) is 16.0. The molecule has 0 aliphatic heterocycles. The maximum Gasteiger partial charge on any atom is 0.253 e. The molecule has 0 saturated heterocycles. The van der Waals surface area contributed by atoms with Crippen LogP contribution in [0.4, 0.5) is 0 Å². The van der Waals surface area contributed by atoms with E-state index < -0.39 is 0 Å². The smallest absolute Gasteiger partial charge is 0.253 e. The third-order valence-corrected chi connectivity index (χ3v) is 3.81. The molecule has 27 heavy (non-hydrogen) atoms. The second-order valence-electron chi connectivity index (χ2n) is 5.99. The van der Waals surface area contributed by atoms with E-state index in [1.807, 2.05) is 48.5 Å². The number of nitrogens with zero attached hydrogens (tertiary/aromatic N) is 1. The van der Waals surface area contributed by atoms with Gasteiger partial charge >= 0.3 is 0 Å². The van der Waals surface area contributed by atoms with Gasteiger partial charge in [-0.2, -0.15) is 0 Å². The molecule has 1 heterocycles. The number of rotatable bonds is 8. The fourth-order valence-electron chi connectivity index (χ4n) is 2.44. The Morgan fingerprint density at radius 3 is 2.56 bits per heavy atom. The monoisotopic (exact) mass is 362 g/mol. The van der Waals surface area contributed by atoms with E-state index in [0.717, 1.165) is 29.2 Å². The Morgan fingerprint density at radius 1 is 1.00 bits per heavy atom. The number of pyridine rings is 1. The van der Waals surface area contributed by atoms with Crippen LogP contribution in [0.1, 0.15) is 29.3 Å². The second-order valence-corrected chi connectivity index (χ2v) is 5.99. The van der Waals surface area contributed by atoms with Crippen molar-refractivity contribution in [1.82, 2.24) is 10.3 Å². The number of amides is 1. The zero-order chi connectivity index (χ0) is 18.9. The lowest BCUT2D eigenvalue weighted by Gasteiger charge is -2.10. The minimum Gasteiger partial charge on any atom is -0.493 e. The third kappa shape index (κ3) is 5.57. The molecule has 3 rings (SSSR count). The van der Waals surface area contributed by atoms with Crippen molar-refractivity contribution < 1.29 is 14.3 Å². The van der Waals surface area contributed by atoms with Gasteiger partial charge in [-0.15, -0.1) is 0 Å². The molecule has 0 spiro atoms. The first-order valence-electron chi connectivity index (χ1n) is 8.92. The first kappa shape index (κ1) is 18.5. The molecule has 0 aliphatic carbocycles. The highest BCUT2D eigenvalue weighted by molar-refractivity contribution is 5.93. The Balaban J connectivity index is 1.55. The van der Waals surface area contributed by atoms with Gasteiger partial charge in [0.05, 0.1) is 12.2 Å². The van der Waals surface area contributed by atoms with Gasteiger partial charge in [0.2, 0.25) is 0 Å². The molecule has 138 valence electrons. The summed E-state index contributed by atoms with van der Waals surface area (Å²) in [6.07, 6.45) is 4.15. The van der Waals surface area contributed by atoms with E-state index in [4.69, 9.17) is 9.47 Å². The minimum atomic E-state index is -0.146. The molecule has 2 aromatic carbocycles. The summed E-state index contributed by atoms with van der Waals surface area (Å²) in [7, 11) is 0. The lowest BCUT2D eigenvalue weighted by molar-refractivity contribution is 0.0950. The molecule has 0 fully saturated rings. The van der Waals surface area contributed by atoms with Crippen LogP contribution >= 0.6 is 0 Å². The molecule has 0 saturated carbocycles. The van der Waals surface area contributed by atoms with Crippen LogP contribution in [0.2, 0.25) is 0 Å². The number of ether oxygens (including phenoxy) is 2. The van der Waals surface area contributed by atoms with Crippen LogP contribution in [0.5, 0.6) is 17.2 Å². The molecule has 0 bridgehead atoms. The van der Waals surface area contributed by atoms with Gasteiger partial charge in [0.25, 0.3) is 5.91 Å². The van der Waals surface area contributed by atoms with Gasteiger partial charge in [0.1, 0.15) is 17.2 Å². The van der Waals surface area contributed by atoms with Crippen LogP contribution in [-0.4, -0.2) is 17.5 Å². The standard InChI is InChI=1S/C22H22N2O3/c1-2-13-26-20-6-3-7-21(14-20)27-19-10-8-17(9-11-19)15-24-22(25)18-5-4-12-23-16-18/h3-12,14,16H,2,13,15H2,1H3,(H,24,25).